The third-order valence-electron chi connectivity index (χ3n) is 6.65. The molecular formula is C25H30O3. The van der Waals surface area contributed by atoms with E-state index in [1.165, 1.54) is 18.4 Å². The minimum absolute atomic E-state index is 0.124. The zero-order chi connectivity index (χ0) is 19.9. The highest BCUT2D eigenvalue weighted by Crippen LogP contribution is 2.54. The molecule has 1 N–H and O–H groups in total. The van der Waals surface area contributed by atoms with E-state index < -0.39 is 0 Å². The van der Waals surface area contributed by atoms with Gasteiger partial charge < -0.3 is 14.6 Å². The number of hydrogen-bond acceptors (Lipinski definition) is 3. The molecule has 0 bridgehead atoms. The van der Waals surface area contributed by atoms with Gasteiger partial charge in [0.15, 0.2) is 11.5 Å². The fourth-order valence-corrected chi connectivity index (χ4v) is 5.16. The van der Waals surface area contributed by atoms with Crippen LogP contribution in [0.1, 0.15) is 56.7 Å². The lowest BCUT2D eigenvalue weighted by Gasteiger charge is -2.53. The number of hydrogen-bond donors (Lipinski definition) is 1. The van der Waals surface area contributed by atoms with Crippen molar-refractivity contribution < 1.29 is 14.6 Å². The van der Waals surface area contributed by atoms with Crippen molar-refractivity contribution in [1.29, 1.82) is 0 Å². The Morgan fingerprint density at radius 2 is 1.86 bits per heavy atom. The van der Waals surface area contributed by atoms with Gasteiger partial charge in [-0.25, -0.2) is 0 Å². The van der Waals surface area contributed by atoms with E-state index in [1.807, 2.05) is 24.3 Å². The zero-order valence-corrected chi connectivity index (χ0v) is 17.3. The lowest BCUT2D eigenvalue weighted by Crippen LogP contribution is -2.54. The van der Waals surface area contributed by atoms with Gasteiger partial charge in [-0.15, -0.1) is 0 Å². The summed E-state index contributed by atoms with van der Waals surface area (Å²) in [6, 6.07) is 11.5. The first-order valence-electron chi connectivity index (χ1n) is 10.2. The number of ether oxygens (including phenoxy) is 2. The lowest BCUT2D eigenvalue weighted by atomic mass is 9.59. The Hall–Kier alpha value is -2.42. The Morgan fingerprint density at radius 3 is 2.61 bits per heavy atom. The van der Waals surface area contributed by atoms with Crippen molar-refractivity contribution in [3.63, 3.8) is 0 Å². The third-order valence-corrected chi connectivity index (χ3v) is 6.65. The average molecular weight is 379 g/mol. The molecular weight excluding hydrogens is 348 g/mol. The number of benzene rings is 2. The summed E-state index contributed by atoms with van der Waals surface area (Å²) in [4.78, 5) is 0. The van der Waals surface area contributed by atoms with Gasteiger partial charge in [0, 0.05) is 5.92 Å². The van der Waals surface area contributed by atoms with Crippen molar-refractivity contribution in [2.24, 2.45) is 11.3 Å². The first-order valence-corrected chi connectivity index (χ1v) is 10.2. The smallest absolute Gasteiger partial charge is 0.165 e. The highest BCUT2D eigenvalue weighted by molar-refractivity contribution is 5.72. The minimum Gasteiger partial charge on any atom is -0.508 e. The molecule has 3 nitrogen and oxygen atoms in total. The van der Waals surface area contributed by atoms with Crippen LogP contribution >= 0.6 is 0 Å². The third kappa shape index (κ3) is 3.39. The molecule has 0 aromatic heterocycles. The molecule has 2 aromatic rings. The molecule has 0 amide bonds. The number of methoxy groups -OCH3 is 1. The van der Waals surface area contributed by atoms with E-state index >= 15 is 0 Å². The molecule has 1 saturated carbocycles. The molecule has 2 atom stereocenters. The Balaban J connectivity index is 1.71. The molecule has 0 spiro atoms. The number of fused-ring (bicyclic) bond motifs is 2. The van der Waals surface area contributed by atoms with Crippen molar-refractivity contribution in [1.82, 2.24) is 0 Å². The van der Waals surface area contributed by atoms with E-state index in [0.717, 1.165) is 35.5 Å². The Kier molecular flexibility index (Phi) is 4.65. The maximum atomic E-state index is 9.66. The average Bonchev–Trinajstić information content (AvgIpc) is 2.64. The molecule has 2 aliphatic rings. The molecule has 1 aliphatic carbocycles. The van der Waals surface area contributed by atoms with E-state index in [-0.39, 0.29) is 16.8 Å². The summed E-state index contributed by atoms with van der Waals surface area (Å²) in [6.45, 7) is 7.04. The first kappa shape index (κ1) is 18.9. The fraction of sp³-hybridized carbons (Fsp3) is 0.440. The SMILES string of the molecule is COc1cc(C=Cc2cccc(O)c2)cc2c1O[C@]1(C)CCCC(C)(C)[C@H]1C2. The number of phenolic OH excluding ortho intramolecular Hbond substituents is 1. The van der Waals surface area contributed by atoms with E-state index in [4.69, 9.17) is 9.47 Å². The van der Waals surface area contributed by atoms with Crippen LogP contribution in [-0.4, -0.2) is 17.8 Å². The monoisotopic (exact) mass is 378 g/mol. The molecule has 1 aliphatic heterocycles. The summed E-state index contributed by atoms with van der Waals surface area (Å²) >= 11 is 0. The maximum absolute atomic E-state index is 9.66. The van der Waals surface area contributed by atoms with Gasteiger partial charge in [-0.2, -0.15) is 0 Å². The van der Waals surface area contributed by atoms with Gasteiger partial charge in [-0.3, -0.25) is 0 Å². The highest BCUT2D eigenvalue weighted by Gasteiger charge is 2.51. The molecule has 148 valence electrons. The van der Waals surface area contributed by atoms with Crippen LogP contribution in [0.2, 0.25) is 0 Å². The van der Waals surface area contributed by atoms with E-state index in [0.29, 0.717) is 5.92 Å². The van der Waals surface area contributed by atoms with Crippen molar-refractivity contribution in [3.8, 4) is 17.2 Å². The second kappa shape index (κ2) is 6.88. The van der Waals surface area contributed by atoms with E-state index in [1.54, 1.807) is 19.2 Å². The fourth-order valence-electron chi connectivity index (χ4n) is 5.16. The molecule has 0 unspecified atom stereocenters. The maximum Gasteiger partial charge on any atom is 0.165 e. The molecule has 4 rings (SSSR count). The number of aromatic hydroxyl groups is 1. The topological polar surface area (TPSA) is 38.7 Å². The number of phenols is 1. The highest BCUT2D eigenvalue weighted by atomic mass is 16.5. The first-order chi connectivity index (χ1) is 13.3. The minimum atomic E-state index is -0.124. The predicted octanol–water partition coefficient (Wildman–Crippen LogP) is 6.09. The van der Waals surface area contributed by atoms with Crippen LogP contribution in [0.25, 0.3) is 12.2 Å². The van der Waals surface area contributed by atoms with Gasteiger partial charge in [-0.1, -0.05) is 38.1 Å². The predicted molar refractivity (Wildman–Crippen MR) is 114 cm³/mol. The molecule has 3 heteroatoms. The van der Waals surface area contributed by atoms with Crippen molar-refractivity contribution in [2.45, 2.75) is 52.1 Å². The second-order valence-electron chi connectivity index (χ2n) is 9.15. The van der Waals surface area contributed by atoms with Crippen LogP contribution in [0.5, 0.6) is 17.2 Å². The normalized spacial score (nSPS) is 25.6. The summed E-state index contributed by atoms with van der Waals surface area (Å²) in [5.74, 6) is 2.48. The van der Waals surface area contributed by atoms with Gasteiger partial charge in [0.2, 0.25) is 0 Å². The quantitative estimate of drug-likeness (QED) is 0.657. The summed E-state index contributed by atoms with van der Waals surface area (Å²) in [6.07, 6.45) is 8.66. The van der Waals surface area contributed by atoms with Gasteiger partial charge in [0.05, 0.1) is 7.11 Å². The summed E-state index contributed by atoms with van der Waals surface area (Å²) < 4.78 is 12.3. The summed E-state index contributed by atoms with van der Waals surface area (Å²) in [5, 5.41) is 9.66. The van der Waals surface area contributed by atoms with Crippen molar-refractivity contribution in [3.05, 3.63) is 53.1 Å². The largest absolute Gasteiger partial charge is 0.508 e. The lowest BCUT2D eigenvalue weighted by molar-refractivity contribution is -0.0827. The second-order valence-corrected chi connectivity index (χ2v) is 9.15. The van der Waals surface area contributed by atoms with Crippen molar-refractivity contribution >= 4 is 12.2 Å². The van der Waals surface area contributed by atoms with E-state index in [9.17, 15) is 5.11 Å². The molecule has 1 heterocycles. The molecule has 1 fully saturated rings. The van der Waals surface area contributed by atoms with Crippen LogP contribution in [0.3, 0.4) is 0 Å². The van der Waals surface area contributed by atoms with E-state index in [2.05, 4.69) is 32.9 Å². The van der Waals surface area contributed by atoms with Gasteiger partial charge in [-0.05, 0) is 79.0 Å². The van der Waals surface area contributed by atoms with Crippen molar-refractivity contribution in [2.75, 3.05) is 7.11 Å². The molecule has 0 radical (unpaired) electrons. The van der Waals surface area contributed by atoms with Gasteiger partial charge >= 0.3 is 0 Å². The zero-order valence-electron chi connectivity index (χ0n) is 17.3. The van der Waals surface area contributed by atoms with Crippen LogP contribution in [-0.2, 0) is 6.42 Å². The van der Waals surface area contributed by atoms with Crippen LogP contribution < -0.4 is 9.47 Å². The standard InChI is InChI=1S/C25H30O3/c1-24(2)11-6-12-25(3)22(24)16-19-13-18(15-21(27-4)23(19)28-25)10-9-17-7-5-8-20(26)14-17/h5,7-10,13-15,22,26H,6,11-12,16H2,1-4H3/t22-,25-/m1/s1. The molecule has 2 aromatic carbocycles. The van der Waals surface area contributed by atoms with Gasteiger partial charge in [0.25, 0.3) is 0 Å². The Morgan fingerprint density at radius 1 is 1.07 bits per heavy atom. The summed E-state index contributed by atoms with van der Waals surface area (Å²) in [5.41, 5.74) is 3.42. The Bertz CT molecular complexity index is 912. The molecule has 0 saturated heterocycles. The molecule has 28 heavy (non-hydrogen) atoms. The van der Waals surface area contributed by atoms with Crippen LogP contribution in [0, 0.1) is 11.3 Å². The van der Waals surface area contributed by atoms with Gasteiger partial charge in [0.1, 0.15) is 11.4 Å². The summed E-state index contributed by atoms with van der Waals surface area (Å²) in [7, 11) is 1.71. The Labute approximate surface area is 168 Å². The number of rotatable bonds is 3. The van der Waals surface area contributed by atoms with Crippen LogP contribution in [0.15, 0.2) is 36.4 Å². The van der Waals surface area contributed by atoms with Crippen LogP contribution in [0.4, 0.5) is 0 Å².